The Balaban J connectivity index is 2.07. The zero-order valence-corrected chi connectivity index (χ0v) is 12.5. The van der Waals surface area contributed by atoms with Crippen molar-refractivity contribution in [1.82, 2.24) is 15.4 Å². The highest BCUT2D eigenvalue weighted by molar-refractivity contribution is 6.07. The van der Waals surface area contributed by atoms with E-state index < -0.39 is 0 Å². The molecule has 21 heavy (non-hydrogen) atoms. The quantitative estimate of drug-likeness (QED) is 0.917. The predicted octanol–water partition coefficient (Wildman–Crippen LogP) is 3.44. The number of fused-ring (bicyclic) bond motifs is 5. The highest BCUT2D eigenvalue weighted by Crippen LogP contribution is 2.56. The summed E-state index contributed by atoms with van der Waals surface area (Å²) in [5.74, 6) is 0.338. The summed E-state index contributed by atoms with van der Waals surface area (Å²) in [5.41, 5.74) is 6.90. The number of allylic oxidation sites excluding steroid dienone is 2. The number of H-pyrrole nitrogens is 1. The summed E-state index contributed by atoms with van der Waals surface area (Å²) in [5, 5.41) is 11.3. The molecule has 0 saturated carbocycles. The number of Topliss-reactive ketones (excluding diaryl/α,β-unsaturated/α-hetero) is 1. The molecule has 0 bridgehead atoms. The normalized spacial score (nSPS) is 24.6. The molecule has 0 saturated heterocycles. The average molecular weight is 281 g/mol. The smallest absolute Gasteiger partial charge is 0.159 e. The summed E-state index contributed by atoms with van der Waals surface area (Å²) in [7, 11) is 0. The second kappa shape index (κ2) is 4.26. The Bertz CT molecular complexity index is 786. The molecule has 2 aromatic rings. The first-order valence-electron chi connectivity index (χ1n) is 7.79. The van der Waals surface area contributed by atoms with E-state index in [4.69, 9.17) is 0 Å². The van der Waals surface area contributed by atoms with Gasteiger partial charge in [-0.2, -0.15) is 15.4 Å². The second-order valence-electron chi connectivity index (χ2n) is 6.22. The molecule has 0 fully saturated rings. The first kappa shape index (κ1) is 12.7. The first-order chi connectivity index (χ1) is 10.2. The fraction of sp³-hybridized carbons (Fsp3) is 0.471. The minimum Gasteiger partial charge on any atom is -0.295 e. The SMILES string of the molecule is CCC1=C2c3ccc4n[nH]nc4c3C[C@]2(CC)CCC1=O. The van der Waals surface area contributed by atoms with Crippen molar-refractivity contribution in [2.75, 3.05) is 0 Å². The van der Waals surface area contributed by atoms with Crippen LogP contribution in [0.3, 0.4) is 0 Å². The third kappa shape index (κ3) is 1.53. The standard InChI is InChI=1S/C17H19N3O/c1-3-10-14(21)7-8-17(4-2)9-12-11(15(10)17)5-6-13-16(12)19-20-18-13/h5-6H,3-4,7-9H2,1-2H3,(H,18,19,20)/t17-/m0/s1. The summed E-state index contributed by atoms with van der Waals surface area (Å²) in [6.45, 7) is 4.34. The molecule has 1 aromatic heterocycles. The lowest BCUT2D eigenvalue weighted by Gasteiger charge is -2.35. The zero-order valence-electron chi connectivity index (χ0n) is 12.5. The first-order valence-corrected chi connectivity index (χ1v) is 7.79. The van der Waals surface area contributed by atoms with E-state index in [1.54, 1.807) is 0 Å². The topological polar surface area (TPSA) is 58.6 Å². The monoisotopic (exact) mass is 281 g/mol. The van der Waals surface area contributed by atoms with Gasteiger partial charge < -0.3 is 0 Å². The van der Waals surface area contributed by atoms with Crippen molar-refractivity contribution < 1.29 is 4.79 Å². The van der Waals surface area contributed by atoms with E-state index >= 15 is 0 Å². The molecule has 0 unspecified atom stereocenters. The number of ketones is 1. The molecule has 4 nitrogen and oxygen atoms in total. The van der Waals surface area contributed by atoms with Gasteiger partial charge in [-0.3, -0.25) is 4.79 Å². The number of benzene rings is 1. The molecule has 0 amide bonds. The van der Waals surface area contributed by atoms with E-state index in [1.807, 2.05) is 6.07 Å². The number of hydrogen-bond acceptors (Lipinski definition) is 3. The molecule has 2 aliphatic carbocycles. The molecule has 1 aromatic carbocycles. The Morgan fingerprint density at radius 2 is 2.14 bits per heavy atom. The summed E-state index contributed by atoms with van der Waals surface area (Å²) in [6.07, 6.45) is 4.56. The zero-order chi connectivity index (χ0) is 14.6. The van der Waals surface area contributed by atoms with Crippen LogP contribution in [-0.2, 0) is 11.2 Å². The predicted molar refractivity (Wildman–Crippen MR) is 81.8 cm³/mol. The van der Waals surface area contributed by atoms with Gasteiger partial charge in [0.25, 0.3) is 0 Å². The Kier molecular flexibility index (Phi) is 2.59. The summed E-state index contributed by atoms with van der Waals surface area (Å²) >= 11 is 0. The van der Waals surface area contributed by atoms with Crippen LogP contribution in [0.4, 0.5) is 0 Å². The fourth-order valence-corrected chi connectivity index (χ4v) is 4.29. The van der Waals surface area contributed by atoms with Gasteiger partial charge in [0, 0.05) is 11.8 Å². The number of carbonyl (C=O) groups excluding carboxylic acids is 1. The van der Waals surface area contributed by atoms with Crippen molar-refractivity contribution in [3.8, 4) is 0 Å². The number of hydrogen-bond donors (Lipinski definition) is 1. The van der Waals surface area contributed by atoms with Crippen molar-refractivity contribution in [3.05, 3.63) is 28.8 Å². The summed E-state index contributed by atoms with van der Waals surface area (Å²) in [6, 6.07) is 4.16. The molecule has 1 heterocycles. The Morgan fingerprint density at radius 1 is 1.29 bits per heavy atom. The van der Waals surface area contributed by atoms with E-state index in [9.17, 15) is 4.79 Å². The van der Waals surface area contributed by atoms with Crippen molar-refractivity contribution in [2.45, 2.75) is 46.0 Å². The van der Waals surface area contributed by atoms with Gasteiger partial charge >= 0.3 is 0 Å². The lowest BCUT2D eigenvalue weighted by Crippen LogP contribution is -2.27. The third-order valence-corrected chi connectivity index (χ3v) is 5.41. The van der Waals surface area contributed by atoms with Crippen LogP contribution in [0.1, 0.15) is 50.7 Å². The molecule has 108 valence electrons. The van der Waals surface area contributed by atoms with Crippen molar-refractivity contribution >= 4 is 22.4 Å². The molecule has 2 aliphatic rings. The highest BCUT2D eigenvalue weighted by atomic mass is 16.1. The molecule has 0 radical (unpaired) electrons. The number of carbonyl (C=O) groups is 1. The van der Waals surface area contributed by atoms with E-state index in [0.29, 0.717) is 12.2 Å². The van der Waals surface area contributed by atoms with Crippen LogP contribution in [0.5, 0.6) is 0 Å². The second-order valence-corrected chi connectivity index (χ2v) is 6.22. The lowest BCUT2D eigenvalue weighted by atomic mass is 9.68. The van der Waals surface area contributed by atoms with Crippen LogP contribution in [0.15, 0.2) is 17.7 Å². The third-order valence-electron chi connectivity index (χ3n) is 5.41. The van der Waals surface area contributed by atoms with Gasteiger partial charge in [-0.15, -0.1) is 0 Å². The van der Waals surface area contributed by atoms with E-state index in [0.717, 1.165) is 42.3 Å². The number of aromatic amines is 1. The van der Waals surface area contributed by atoms with Crippen LogP contribution >= 0.6 is 0 Å². The molecule has 0 spiro atoms. The van der Waals surface area contributed by atoms with Gasteiger partial charge in [-0.1, -0.05) is 19.9 Å². The maximum atomic E-state index is 12.4. The van der Waals surface area contributed by atoms with Crippen LogP contribution in [-0.4, -0.2) is 21.2 Å². The molecule has 0 aliphatic heterocycles. The maximum absolute atomic E-state index is 12.4. The van der Waals surface area contributed by atoms with E-state index in [2.05, 4.69) is 35.3 Å². The van der Waals surface area contributed by atoms with Crippen molar-refractivity contribution in [2.24, 2.45) is 5.41 Å². The van der Waals surface area contributed by atoms with Crippen LogP contribution in [0, 0.1) is 5.41 Å². The lowest BCUT2D eigenvalue weighted by molar-refractivity contribution is -0.116. The van der Waals surface area contributed by atoms with Crippen LogP contribution < -0.4 is 0 Å². The van der Waals surface area contributed by atoms with Gasteiger partial charge in [0.1, 0.15) is 11.0 Å². The number of nitrogens with zero attached hydrogens (tertiary/aromatic N) is 2. The number of nitrogens with one attached hydrogen (secondary N) is 1. The molecule has 1 atom stereocenters. The summed E-state index contributed by atoms with van der Waals surface area (Å²) in [4.78, 5) is 12.4. The minimum atomic E-state index is 0.134. The van der Waals surface area contributed by atoms with Crippen LogP contribution in [0.25, 0.3) is 16.6 Å². The molecule has 1 N–H and O–H groups in total. The van der Waals surface area contributed by atoms with Gasteiger partial charge in [-0.25, -0.2) is 0 Å². The average Bonchev–Trinajstić information content (AvgIpc) is 3.09. The number of aromatic nitrogens is 3. The summed E-state index contributed by atoms with van der Waals surface area (Å²) < 4.78 is 0. The molecular formula is C17H19N3O. The van der Waals surface area contributed by atoms with Gasteiger partial charge in [-0.05, 0) is 54.0 Å². The maximum Gasteiger partial charge on any atom is 0.159 e. The van der Waals surface area contributed by atoms with Gasteiger partial charge in [0.05, 0.1) is 0 Å². The number of rotatable bonds is 2. The Hall–Kier alpha value is -1.97. The molecular weight excluding hydrogens is 262 g/mol. The minimum absolute atomic E-state index is 0.134. The Morgan fingerprint density at radius 3 is 2.90 bits per heavy atom. The van der Waals surface area contributed by atoms with E-state index in [-0.39, 0.29) is 5.41 Å². The van der Waals surface area contributed by atoms with E-state index in [1.165, 1.54) is 16.7 Å². The fourth-order valence-electron chi connectivity index (χ4n) is 4.29. The highest BCUT2D eigenvalue weighted by Gasteiger charge is 2.46. The van der Waals surface area contributed by atoms with Gasteiger partial charge in [0.2, 0.25) is 0 Å². The van der Waals surface area contributed by atoms with Crippen LogP contribution in [0.2, 0.25) is 0 Å². The van der Waals surface area contributed by atoms with Crippen molar-refractivity contribution in [3.63, 3.8) is 0 Å². The van der Waals surface area contributed by atoms with Gasteiger partial charge in [0.15, 0.2) is 5.78 Å². The molecule has 4 rings (SSSR count). The largest absolute Gasteiger partial charge is 0.295 e. The van der Waals surface area contributed by atoms with Crippen molar-refractivity contribution in [1.29, 1.82) is 0 Å². The Labute approximate surface area is 123 Å². The molecule has 4 heteroatoms.